The first-order chi connectivity index (χ1) is 13.6. The van der Waals surface area contributed by atoms with E-state index in [1.165, 1.54) is 24.0 Å². The van der Waals surface area contributed by atoms with Crippen molar-refractivity contribution in [2.45, 2.75) is 37.1 Å². The summed E-state index contributed by atoms with van der Waals surface area (Å²) in [4.78, 5) is 7.93. The molecule has 0 bridgehead atoms. The average molecular weight is 410 g/mol. The van der Waals surface area contributed by atoms with Crippen molar-refractivity contribution in [2.24, 2.45) is 0 Å². The summed E-state index contributed by atoms with van der Waals surface area (Å²) in [7, 11) is 0. The Balaban J connectivity index is 1.73. The molecule has 11 heteroatoms. The lowest BCUT2D eigenvalue weighted by Gasteiger charge is -2.29. The van der Waals surface area contributed by atoms with E-state index >= 15 is 0 Å². The number of nitrogens with two attached hydrogens (primary N) is 1. The maximum absolute atomic E-state index is 14.1. The van der Waals surface area contributed by atoms with Crippen LogP contribution in [-0.2, 0) is 4.74 Å². The number of benzene rings is 1. The fraction of sp³-hybridized carbons (Fsp3) is 0.333. The third kappa shape index (κ3) is 2.85. The molecule has 154 valence electrons. The monoisotopic (exact) mass is 410 g/mol. The molecule has 1 aliphatic rings. The van der Waals surface area contributed by atoms with E-state index < -0.39 is 53.2 Å². The number of rotatable bonds is 3. The summed E-state index contributed by atoms with van der Waals surface area (Å²) >= 11 is 0. The molecule has 0 unspecified atom stereocenters. The molecule has 0 aliphatic carbocycles. The first-order valence-electron chi connectivity index (χ1n) is 8.59. The van der Waals surface area contributed by atoms with Gasteiger partial charge in [0, 0.05) is 11.8 Å². The summed E-state index contributed by atoms with van der Waals surface area (Å²) in [6.45, 7) is 1.18. The van der Waals surface area contributed by atoms with Gasteiger partial charge in [0.05, 0.1) is 5.39 Å². The van der Waals surface area contributed by atoms with E-state index in [0.29, 0.717) is 17.1 Å². The Bertz CT molecular complexity index is 1090. The van der Waals surface area contributed by atoms with Gasteiger partial charge in [0.2, 0.25) is 0 Å². The number of nitrogens with zero attached hydrogens (tertiary/aromatic N) is 3. The lowest BCUT2D eigenvalue weighted by atomic mass is 9.88. The van der Waals surface area contributed by atoms with Gasteiger partial charge >= 0.3 is 0 Å². The fourth-order valence-corrected chi connectivity index (χ4v) is 3.56. The first-order valence-corrected chi connectivity index (χ1v) is 8.59. The highest BCUT2D eigenvalue weighted by molar-refractivity contribution is 5.86. The Hall–Kier alpha value is -2.73. The largest absolute Gasteiger partial charge is 0.385 e. The number of hydrogen-bond acceptors (Lipinski definition) is 7. The second-order valence-electron chi connectivity index (χ2n) is 7.05. The number of halogens is 3. The highest BCUT2D eigenvalue weighted by atomic mass is 19.2. The molecule has 8 nitrogen and oxygen atoms in total. The Morgan fingerprint density at radius 1 is 1.21 bits per heavy atom. The van der Waals surface area contributed by atoms with Crippen molar-refractivity contribution in [1.29, 1.82) is 0 Å². The van der Waals surface area contributed by atoms with Crippen LogP contribution in [0.25, 0.3) is 11.0 Å². The van der Waals surface area contributed by atoms with Gasteiger partial charge in [-0.3, -0.25) is 0 Å². The minimum Gasteiger partial charge on any atom is -0.385 e. The molecule has 0 saturated carbocycles. The molecule has 0 spiro atoms. The normalized spacial score (nSPS) is 28.2. The van der Waals surface area contributed by atoms with E-state index in [0.717, 1.165) is 6.07 Å². The van der Waals surface area contributed by atoms with E-state index in [9.17, 15) is 28.5 Å². The van der Waals surface area contributed by atoms with Crippen LogP contribution in [0.15, 0.2) is 30.7 Å². The predicted octanol–water partition coefficient (Wildman–Crippen LogP) is 1.17. The number of hydrogen-bond donors (Lipinski definition) is 4. The lowest BCUT2D eigenvalue weighted by Crippen LogP contribution is -2.47. The predicted molar refractivity (Wildman–Crippen MR) is 93.8 cm³/mol. The SMILES string of the molecule is C[C@@]1(O)[C@@H]([C@@H](O)c2ccc(F)c(F)c2F)O[C@@H](n2ccc3c(N)ncnc32)[C@@H]1O. The molecule has 5 N–H and O–H groups in total. The second kappa shape index (κ2) is 6.66. The van der Waals surface area contributed by atoms with Crippen molar-refractivity contribution < 1.29 is 33.2 Å². The van der Waals surface area contributed by atoms with Crippen LogP contribution in [0.4, 0.5) is 19.0 Å². The number of fused-ring (bicyclic) bond motifs is 1. The van der Waals surface area contributed by atoms with Crippen molar-refractivity contribution in [3.63, 3.8) is 0 Å². The molecule has 29 heavy (non-hydrogen) atoms. The lowest BCUT2D eigenvalue weighted by molar-refractivity contribution is -0.115. The zero-order valence-corrected chi connectivity index (χ0v) is 15.0. The van der Waals surface area contributed by atoms with Crippen molar-refractivity contribution in [3.05, 3.63) is 53.7 Å². The Morgan fingerprint density at radius 2 is 1.93 bits per heavy atom. The highest BCUT2D eigenvalue weighted by Gasteiger charge is 2.56. The van der Waals surface area contributed by atoms with Gasteiger partial charge < -0.3 is 30.4 Å². The van der Waals surface area contributed by atoms with E-state index in [-0.39, 0.29) is 5.82 Å². The van der Waals surface area contributed by atoms with Crippen LogP contribution in [0.5, 0.6) is 0 Å². The van der Waals surface area contributed by atoms with E-state index in [1.54, 1.807) is 6.07 Å². The molecule has 0 amide bonds. The maximum Gasteiger partial charge on any atom is 0.194 e. The highest BCUT2D eigenvalue weighted by Crippen LogP contribution is 2.44. The molecule has 1 aromatic carbocycles. The van der Waals surface area contributed by atoms with Gasteiger partial charge in [0.15, 0.2) is 23.7 Å². The Morgan fingerprint density at radius 3 is 2.66 bits per heavy atom. The summed E-state index contributed by atoms with van der Waals surface area (Å²) in [5.74, 6) is -4.61. The van der Waals surface area contributed by atoms with Gasteiger partial charge in [-0.1, -0.05) is 6.07 Å². The van der Waals surface area contributed by atoms with Gasteiger partial charge in [0.1, 0.15) is 41.7 Å². The van der Waals surface area contributed by atoms with Gasteiger partial charge in [-0.25, -0.2) is 23.1 Å². The van der Waals surface area contributed by atoms with Crippen LogP contribution in [0.2, 0.25) is 0 Å². The average Bonchev–Trinajstić information content (AvgIpc) is 3.20. The van der Waals surface area contributed by atoms with Crippen molar-refractivity contribution in [3.8, 4) is 0 Å². The zero-order chi connectivity index (χ0) is 21.1. The molecular formula is C18H17F3N4O4. The molecule has 3 aromatic rings. The summed E-state index contributed by atoms with van der Waals surface area (Å²) in [5.41, 5.74) is 3.39. The molecule has 1 saturated heterocycles. The van der Waals surface area contributed by atoms with Gasteiger partial charge in [-0.05, 0) is 19.1 Å². The van der Waals surface area contributed by atoms with Crippen LogP contribution in [-0.4, -0.2) is 47.7 Å². The molecule has 0 radical (unpaired) electrons. The minimum absolute atomic E-state index is 0.188. The topological polar surface area (TPSA) is 127 Å². The van der Waals surface area contributed by atoms with Crippen molar-refractivity contribution in [1.82, 2.24) is 14.5 Å². The van der Waals surface area contributed by atoms with Gasteiger partial charge in [0.25, 0.3) is 0 Å². The molecule has 1 aliphatic heterocycles. The Kier molecular flexibility index (Phi) is 4.50. The molecule has 5 atom stereocenters. The van der Waals surface area contributed by atoms with Gasteiger partial charge in [-0.2, -0.15) is 0 Å². The Labute approximate surface area is 162 Å². The molecule has 3 heterocycles. The number of aliphatic hydroxyl groups excluding tert-OH is 2. The second-order valence-corrected chi connectivity index (χ2v) is 7.05. The first kappa shape index (κ1) is 19.6. The standard InChI is InChI=1S/C18H17F3N4O4/c1-18(28)13(27)17(25-5-4-8-15(22)23-6-24-16(8)25)29-14(18)12(26)7-2-3-9(19)11(21)10(7)20/h2-6,12-14,17,26-28H,1H3,(H2,22,23,24)/t12-,13-,14+,17+,18-/m0/s1. The molecular weight excluding hydrogens is 393 g/mol. The third-order valence-corrected chi connectivity index (χ3v) is 5.22. The van der Waals surface area contributed by atoms with Crippen LogP contribution in [0.1, 0.15) is 24.8 Å². The molecule has 2 aromatic heterocycles. The fourth-order valence-electron chi connectivity index (χ4n) is 3.56. The smallest absolute Gasteiger partial charge is 0.194 e. The number of nitrogen functional groups attached to an aromatic ring is 1. The molecule has 4 rings (SSSR count). The number of aliphatic hydroxyl groups is 3. The van der Waals surface area contributed by atoms with E-state index in [4.69, 9.17) is 10.5 Å². The van der Waals surface area contributed by atoms with E-state index in [1.807, 2.05) is 0 Å². The minimum atomic E-state index is -2.07. The molecule has 1 fully saturated rings. The van der Waals surface area contributed by atoms with Crippen molar-refractivity contribution in [2.75, 3.05) is 5.73 Å². The zero-order valence-electron chi connectivity index (χ0n) is 15.0. The van der Waals surface area contributed by atoms with Gasteiger partial charge in [-0.15, -0.1) is 0 Å². The summed E-state index contributed by atoms with van der Waals surface area (Å²) in [6.07, 6.45) is -3.59. The summed E-state index contributed by atoms with van der Waals surface area (Å²) in [5, 5.41) is 32.4. The third-order valence-electron chi connectivity index (χ3n) is 5.22. The number of ether oxygens (including phenoxy) is 1. The van der Waals surface area contributed by atoms with Crippen molar-refractivity contribution >= 4 is 16.9 Å². The quantitative estimate of drug-likeness (QED) is 0.478. The van der Waals surface area contributed by atoms with E-state index in [2.05, 4.69) is 9.97 Å². The number of anilines is 1. The van der Waals surface area contributed by atoms with Crippen LogP contribution in [0, 0.1) is 17.5 Å². The summed E-state index contributed by atoms with van der Waals surface area (Å²) < 4.78 is 47.9. The number of aromatic nitrogens is 3. The van der Waals surface area contributed by atoms with Crippen LogP contribution < -0.4 is 5.73 Å². The van der Waals surface area contributed by atoms with Crippen LogP contribution >= 0.6 is 0 Å². The maximum atomic E-state index is 14.1. The van der Waals surface area contributed by atoms with Crippen LogP contribution in [0.3, 0.4) is 0 Å². The summed E-state index contributed by atoms with van der Waals surface area (Å²) in [6, 6.07) is 3.07.